The Hall–Kier alpha value is -1.42. The van der Waals surface area contributed by atoms with Gasteiger partial charge in [0.25, 0.3) is 0 Å². The summed E-state index contributed by atoms with van der Waals surface area (Å²) in [6.45, 7) is 9.38. The van der Waals surface area contributed by atoms with Gasteiger partial charge in [-0.15, -0.1) is 0 Å². The molecule has 5 heteroatoms. The number of likely N-dealkylation sites (tertiary alicyclic amines) is 1. The second kappa shape index (κ2) is 7.43. The standard InChI is InChI=1S/C18H27ClN2O2/c1-13(20-16-7-5-6-15(19)12-16)14-8-10-21(11-9-14)17(22)23-18(2,3)4/h5-7,12-14,20H,8-11H2,1-4H3. The average molecular weight is 339 g/mol. The van der Waals surface area contributed by atoms with Crippen molar-refractivity contribution in [3.8, 4) is 0 Å². The van der Waals surface area contributed by atoms with E-state index in [9.17, 15) is 4.79 Å². The number of ether oxygens (including phenoxy) is 1. The Labute approximate surface area is 144 Å². The van der Waals surface area contributed by atoms with Crippen molar-refractivity contribution < 1.29 is 9.53 Å². The van der Waals surface area contributed by atoms with Crippen LogP contribution in [-0.4, -0.2) is 35.7 Å². The molecular weight excluding hydrogens is 312 g/mol. The third kappa shape index (κ3) is 5.61. The normalized spacial score (nSPS) is 17.7. The number of hydrogen-bond donors (Lipinski definition) is 1. The number of rotatable bonds is 3. The molecule has 1 saturated heterocycles. The number of anilines is 1. The van der Waals surface area contributed by atoms with Crippen molar-refractivity contribution >= 4 is 23.4 Å². The largest absolute Gasteiger partial charge is 0.444 e. The highest BCUT2D eigenvalue weighted by atomic mass is 35.5. The predicted octanol–water partition coefficient (Wildman–Crippen LogP) is 4.79. The predicted molar refractivity (Wildman–Crippen MR) is 95.1 cm³/mol. The zero-order valence-corrected chi connectivity index (χ0v) is 15.2. The van der Waals surface area contributed by atoms with Gasteiger partial charge in [-0.25, -0.2) is 4.79 Å². The van der Waals surface area contributed by atoms with Gasteiger partial charge in [-0.3, -0.25) is 0 Å². The van der Waals surface area contributed by atoms with Crippen molar-refractivity contribution in [2.24, 2.45) is 5.92 Å². The SMILES string of the molecule is CC(Nc1cccc(Cl)c1)C1CCN(C(=O)OC(C)(C)C)CC1. The smallest absolute Gasteiger partial charge is 0.410 e. The number of benzene rings is 1. The third-order valence-corrected chi connectivity index (χ3v) is 4.35. The second-order valence-electron chi connectivity index (χ2n) is 7.25. The van der Waals surface area contributed by atoms with Crippen LogP contribution in [0.2, 0.25) is 5.02 Å². The van der Waals surface area contributed by atoms with E-state index >= 15 is 0 Å². The first kappa shape index (κ1) is 17.9. The fourth-order valence-electron chi connectivity index (χ4n) is 2.87. The van der Waals surface area contributed by atoms with Crippen molar-refractivity contribution in [1.29, 1.82) is 0 Å². The van der Waals surface area contributed by atoms with Crippen LogP contribution in [0.4, 0.5) is 10.5 Å². The van der Waals surface area contributed by atoms with Crippen LogP contribution in [0.3, 0.4) is 0 Å². The van der Waals surface area contributed by atoms with Gasteiger partial charge in [-0.2, -0.15) is 0 Å². The molecule has 1 heterocycles. The molecule has 1 unspecified atom stereocenters. The van der Waals surface area contributed by atoms with E-state index in [2.05, 4.69) is 12.2 Å². The molecule has 128 valence electrons. The fraction of sp³-hybridized carbons (Fsp3) is 0.611. The maximum atomic E-state index is 12.1. The summed E-state index contributed by atoms with van der Waals surface area (Å²) in [6.07, 6.45) is 1.76. The van der Waals surface area contributed by atoms with E-state index in [1.807, 2.05) is 49.9 Å². The molecule has 0 spiro atoms. The van der Waals surface area contributed by atoms with E-state index < -0.39 is 5.60 Å². The first-order valence-corrected chi connectivity index (χ1v) is 8.62. The van der Waals surface area contributed by atoms with Crippen molar-refractivity contribution in [3.05, 3.63) is 29.3 Å². The number of halogens is 1. The zero-order chi connectivity index (χ0) is 17.0. The number of hydrogen-bond acceptors (Lipinski definition) is 3. The molecule has 23 heavy (non-hydrogen) atoms. The summed E-state index contributed by atoms with van der Waals surface area (Å²) < 4.78 is 5.44. The molecule has 0 bridgehead atoms. The minimum Gasteiger partial charge on any atom is -0.444 e. The van der Waals surface area contributed by atoms with E-state index in [-0.39, 0.29) is 6.09 Å². The summed E-state index contributed by atoms with van der Waals surface area (Å²) in [7, 11) is 0. The monoisotopic (exact) mass is 338 g/mol. The van der Waals surface area contributed by atoms with Crippen molar-refractivity contribution in [1.82, 2.24) is 4.90 Å². The summed E-state index contributed by atoms with van der Waals surface area (Å²) in [4.78, 5) is 13.9. The lowest BCUT2D eigenvalue weighted by atomic mass is 9.90. The van der Waals surface area contributed by atoms with Crippen LogP contribution in [0, 0.1) is 5.92 Å². The van der Waals surface area contributed by atoms with Crippen LogP contribution in [-0.2, 0) is 4.74 Å². The Kier molecular flexibility index (Phi) is 5.79. The Bertz CT molecular complexity index is 534. The van der Waals surface area contributed by atoms with Gasteiger partial charge in [0.15, 0.2) is 0 Å². The Balaban J connectivity index is 1.83. The van der Waals surface area contributed by atoms with Gasteiger partial charge < -0.3 is 15.0 Å². The van der Waals surface area contributed by atoms with Crippen molar-refractivity contribution in [2.45, 2.75) is 52.2 Å². The van der Waals surface area contributed by atoms with Gasteiger partial charge >= 0.3 is 6.09 Å². The van der Waals surface area contributed by atoms with E-state index in [0.717, 1.165) is 36.6 Å². The molecule has 4 nitrogen and oxygen atoms in total. The van der Waals surface area contributed by atoms with Gasteiger partial charge in [0.2, 0.25) is 0 Å². The van der Waals surface area contributed by atoms with E-state index in [4.69, 9.17) is 16.3 Å². The Morgan fingerprint density at radius 1 is 1.35 bits per heavy atom. The summed E-state index contributed by atoms with van der Waals surface area (Å²) in [6, 6.07) is 8.12. The zero-order valence-electron chi connectivity index (χ0n) is 14.4. The lowest BCUT2D eigenvalue weighted by Gasteiger charge is -2.36. The third-order valence-electron chi connectivity index (χ3n) is 4.12. The van der Waals surface area contributed by atoms with Crippen molar-refractivity contribution in [2.75, 3.05) is 18.4 Å². The summed E-state index contributed by atoms with van der Waals surface area (Å²) in [5, 5.41) is 4.25. The van der Waals surface area contributed by atoms with Gasteiger partial charge in [-0.05, 0) is 64.7 Å². The highest BCUT2D eigenvalue weighted by molar-refractivity contribution is 6.30. The number of nitrogens with one attached hydrogen (secondary N) is 1. The maximum absolute atomic E-state index is 12.1. The summed E-state index contributed by atoms with van der Waals surface area (Å²) in [5.74, 6) is 0.535. The molecule has 1 aliphatic rings. The molecule has 0 radical (unpaired) electrons. The second-order valence-corrected chi connectivity index (χ2v) is 7.68. The van der Waals surface area contributed by atoms with Crippen LogP contribution in [0.5, 0.6) is 0 Å². The summed E-state index contributed by atoms with van der Waals surface area (Å²) >= 11 is 6.02. The van der Waals surface area contributed by atoms with Crippen LogP contribution in [0.15, 0.2) is 24.3 Å². The van der Waals surface area contributed by atoms with E-state index in [1.54, 1.807) is 0 Å². The number of amides is 1. The molecule has 0 saturated carbocycles. The topological polar surface area (TPSA) is 41.6 Å². The van der Waals surface area contributed by atoms with Gasteiger partial charge in [0.1, 0.15) is 5.60 Å². The Morgan fingerprint density at radius 2 is 2.00 bits per heavy atom. The van der Waals surface area contributed by atoms with Crippen LogP contribution in [0.1, 0.15) is 40.5 Å². The molecule has 1 atom stereocenters. The number of nitrogens with zero attached hydrogens (tertiary/aromatic N) is 1. The van der Waals surface area contributed by atoms with Gasteiger partial charge in [0.05, 0.1) is 0 Å². The Morgan fingerprint density at radius 3 is 2.57 bits per heavy atom. The van der Waals surface area contributed by atoms with Crippen molar-refractivity contribution in [3.63, 3.8) is 0 Å². The molecule has 1 amide bonds. The van der Waals surface area contributed by atoms with Gasteiger partial charge in [-0.1, -0.05) is 17.7 Å². The molecule has 1 aliphatic heterocycles. The number of piperidine rings is 1. The number of carbonyl (C=O) groups is 1. The quantitative estimate of drug-likeness (QED) is 0.861. The van der Waals surface area contributed by atoms with E-state index in [1.165, 1.54) is 0 Å². The minimum absolute atomic E-state index is 0.202. The van der Waals surface area contributed by atoms with Crippen LogP contribution >= 0.6 is 11.6 Å². The average Bonchev–Trinajstić information content (AvgIpc) is 2.45. The van der Waals surface area contributed by atoms with Crippen LogP contribution < -0.4 is 5.32 Å². The van der Waals surface area contributed by atoms with Gasteiger partial charge in [0, 0.05) is 29.8 Å². The molecule has 2 rings (SSSR count). The lowest BCUT2D eigenvalue weighted by molar-refractivity contribution is 0.0179. The molecule has 0 aromatic heterocycles. The van der Waals surface area contributed by atoms with Crippen LogP contribution in [0.25, 0.3) is 0 Å². The van der Waals surface area contributed by atoms with E-state index in [0.29, 0.717) is 12.0 Å². The number of carbonyl (C=O) groups excluding carboxylic acids is 1. The molecular formula is C18H27ClN2O2. The molecule has 1 fully saturated rings. The highest BCUT2D eigenvalue weighted by Gasteiger charge is 2.29. The molecule has 1 aromatic rings. The fourth-order valence-corrected chi connectivity index (χ4v) is 3.06. The lowest BCUT2D eigenvalue weighted by Crippen LogP contribution is -2.44. The minimum atomic E-state index is -0.435. The molecule has 1 aromatic carbocycles. The molecule has 0 aliphatic carbocycles. The first-order valence-electron chi connectivity index (χ1n) is 8.24. The molecule has 1 N–H and O–H groups in total. The maximum Gasteiger partial charge on any atom is 0.410 e. The summed E-state index contributed by atoms with van der Waals surface area (Å²) in [5.41, 5.74) is 0.606. The first-order chi connectivity index (χ1) is 10.7. The highest BCUT2D eigenvalue weighted by Crippen LogP contribution is 2.25.